The Morgan fingerprint density at radius 1 is 0.889 bits per heavy atom. The van der Waals surface area contributed by atoms with Crippen molar-refractivity contribution in [2.45, 2.75) is 25.7 Å². The molecule has 0 aliphatic rings. The number of phosphoric acid groups is 1. The Balaban J connectivity index is 2.04. The molecule has 0 spiro atoms. The fraction of sp³-hybridized carbons (Fsp3) is 0.143. The highest BCUT2D eigenvalue weighted by Crippen LogP contribution is 2.46. The smallest absolute Gasteiger partial charge is 0.397 e. The Morgan fingerprint density at radius 3 is 2.15 bits per heavy atom. The van der Waals surface area contributed by atoms with Crippen LogP contribution in [0.2, 0.25) is 0 Å². The molecular weight excluding hydrogens is 379 g/mol. The molecular formula is C21H21O4PS. The van der Waals surface area contributed by atoms with E-state index < -0.39 is 7.82 Å². The minimum absolute atomic E-state index is 0.193. The van der Waals surface area contributed by atoms with Crippen molar-refractivity contribution in [3.63, 3.8) is 0 Å². The van der Waals surface area contributed by atoms with E-state index >= 15 is 0 Å². The number of rotatable bonds is 5. The van der Waals surface area contributed by atoms with Crippen LogP contribution in [0.4, 0.5) is 0 Å². The summed E-state index contributed by atoms with van der Waals surface area (Å²) in [6.07, 6.45) is 0. The third-order valence-electron chi connectivity index (χ3n) is 4.17. The van der Waals surface area contributed by atoms with Gasteiger partial charge in [-0.3, -0.25) is 9.79 Å². The average molecular weight is 400 g/mol. The molecule has 0 fully saturated rings. The molecule has 0 atom stereocenters. The van der Waals surface area contributed by atoms with E-state index in [0.29, 0.717) is 5.57 Å². The van der Waals surface area contributed by atoms with Gasteiger partial charge in [-0.25, -0.2) is 4.57 Å². The van der Waals surface area contributed by atoms with Crippen molar-refractivity contribution >= 4 is 35.9 Å². The van der Waals surface area contributed by atoms with Gasteiger partial charge in [0, 0.05) is 10.5 Å². The van der Waals surface area contributed by atoms with Crippen LogP contribution >= 0.6 is 19.6 Å². The monoisotopic (exact) mass is 400 g/mol. The van der Waals surface area contributed by atoms with E-state index in [2.05, 4.69) is 6.07 Å². The zero-order valence-electron chi connectivity index (χ0n) is 15.3. The van der Waals surface area contributed by atoms with Crippen molar-refractivity contribution < 1.29 is 18.9 Å². The molecule has 3 rings (SSSR count). The van der Waals surface area contributed by atoms with E-state index in [-0.39, 0.29) is 5.09 Å². The van der Waals surface area contributed by atoms with Crippen molar-refractivity contribution in [2.75, 3.05) is 0 Å². The van der Waals surface area contributed by atoms with Crippen molar-refractivity contribution in [2.24, 2.45) is 0 Å². The SMILES string of the molecule is C/C(=C(\OP(=O)(O)O)Sc1ccc(C)cc1)c1ccc2cc(C)ccc2c1. The fourth-order valence-corrected chi connectivity index (χ4v) is 4.25. The molecule has 0 aliphatic carbocycles. The zero-order valence-corrected chi connectivity index (χ0v) is 17.1. The number of thioether (sulfide) groups is 1. The van der Waals surface area contributed by atoms with Crippen molar-refractivity contribution in [1.82, 2.24) is 0 Å². The third-order valence-corrected chi connectivity index (χ3v) is 5.80. The van der Waals surface area contributed by atoms with Crippen LogP contribution < -0.4 is 0 Å². The second kappa shape index (κ2) is 7.91. The Morgan fingerprint density at radius 2 is 1.48 bits per heavy atom. The van der Waals surface area contributed by atoms with Crippen LogP contribution in [0.3, 0.4) is 0 Å². The summed E-state index contributed by atoms with van der Waals surface area (Å²) < 4.78 is 16.5. The van der Waals surface area contributed by atoms with Gasteiger partial charge in [-0.05, 0) is 55.3 Å². The van der Waals surface area contributed by atoms with E-state index in [9.17, 15) is 14.4 Å². The molecule has 27 heavy (non-hydrogen) atoms. The molecule has 3 aromatic carbocycles. The number of hydrogen-bond donors (Lipinski definition) is 2. The maximum Gasteiger partial charge on any atom is 0.525 e. The largest absolute Gasteiger partial charge is 0.525 e. The molecule has 140 valence electrons. The molecule has 0 aliphatic heterocycles. The van der Waals surface area contributed by atoms with Crippen LogP contribution in [0.25, 0.3) is 16.3 Å². The molecule has 0 unspecified atom stereocenters. The molecule has 0 heterocycles. The molecule has 0 bridgehead atoms. The van der Waals surface area contributed by atoms with Gasteiger partial charge in [0.25, 0.3) is 0 Å². The highest BCUT2D eigenvalue weighted by atomic mass is 32.2. The first kappa shape index (κ1) is 19.7. The van der Waals surface area contributed by atoms with Gasteiger partial charge in [0.15, 0.2) is 5.09 Å². The second-order valence-electron chi connectivity index (χ2n) is 6.47. The van der Waals surface area contributed by atoms with Gasteiger partial charge in [-0.15, -0.1) is 0 Å². The molecule has 3 aromatic rings. The molecule has 6 heteroatoms. The summed E-state index contributed by atoms with van der Waals surface area (Å²) in [7, 11) is -4.68. The number of aryl methyl sites for hydroxylation is 2. The van der Waals surface area contributed by atoms with Crippen molar-refractivity contribution in [3.8, 4) is 0 Å². The van der Waals surface area contributed by atoms with Gasteiger partial charge in [-0.2, -0.15) is 0 Å². The Bertz CT molecular complexity index is 1050. The van der Waals surface area contributed by atoms with E-state index in [0.717, 1.165) is 26.8 Å². The van der Waals surface area contributed by atoms with Crippen LogP contribution in [0.1, 0.15) is 23.6 Å². The van der Waals surface area contributed by atoms with E-state index in [1.807, 2.05) is 75.4 Å². The molecule has 0 radical (unpaired) electrons. The number of allylic oxidation sites excluding steroid dienone is 1. The number of fused-ring (bicyclic) bond motifs is 1. The normalized spacial score (nSPS) is 12.8. The van der Waals surface area contributed by atoms with E-state index in [4.69, 9.17) is 4.52 Å². The predicted molar refractivity (Wildman–Crippen MR) is 111 cm³/mol. The van der Waals surface area contributed by atoms with Gasteiger partial charge >= 0.3 is 7.82 Å². The summed E-state index contributed by atoms with van der Waals surface area (Å²) >= 11 is 1.20. The highest BCUT2D eigenvalue weighted by molar-refractivity contribution is 8.03. The first-order valence-corrected chi connectivity index (χ1v) is 10.8. The summed E-state index contributed by atoms with van der Waals surface area (Å²) in [5.74, 6) is 0. The third kappa shape index (κ3) is 5.24. The molecule has 2 N–H and O–H groups in total. The van der Waals surface area contributed by atoms with Gasteiger partial charge in [-0.1, -0.05) is 65.4 Å². The van der Waals surface area contributed by atoms with Gasteiger partial charge in [0.1, 0.15) is 0 Å². The first-order chi connectivity index (χ1) is 12.7. The van der Waals surface area contributed by atoms with Gasteiger partial charge < -0.3 is 4.52 Å². The van der Waals surface area contributed by atoms with E-state index in [1.165, 1.54) is 17.3 Å². The average Bonchev–Trinajstić information content (AvgIpc) is 2.61. The van der Waals surface area contributed by atoms with Crippen LogP contribution in [-0.2, 0) is 9.09 Å². The topological polar surface area (TPSA) is 66.8 Å². The minimum Gasteiger partial charge on any atom is -0.397 e. The zero-order chi connectivity index (χ0) is 19.6. The lowest BCUT2D eigenvalue weighted by Gasteiger charge is -2.15. The lowest BCUT2D eigenvalue weighted by atomic mass is 10.0. The predicted octanol–water partition coefficient (Wildman–Crippen LogP) is 6.05. The number of benzene rings is 3. The van der Waals surface area contributed by atoms with Crippen LogP contribution in [0, 0.1) is 13.8 Å². The molecule has 0 saturated heterocycles. The summed E-state index contributed by atoms with van der Waals surface area (Å²) in [6.45, 7) is 5.84. The molecule has 4 nitrogen and oxygen atoms in total. The van der Waals surface area contributed by atoms with Crippen molar-refractivity contribution in [3.05, 3.63) is 82.4 Å². The number of hydrogen-bond acceptors (Lipinski definition) is 3. The van der Waals surface area contributed by atoms with Gasteiger partial charge in [0.2, 0.25) is 0 Å². The lowest BCUT2D eigenvalue weighted by molar-refractivity contribution is 0.254. The standard InChI is InChI=1S/C21H21O4PS/c1-14-5-10-20(11-6-14)27-21(25-26(22,23)24)16(3)17-8-9-18-12-15(2)4-7-19(18)13-17/h4-13H,1-3H3,(H2,22,23,24)/b21-16-. The fourth-order valence-electron chi connectivity index (χ4n) is 2.70. The quantitative estimate of drug-likeness (QED) is 0.310. The van der Waals surface area contributed by atoms with Crippen LogP contribution in [-0.4, -0.2) is 9.79 Å². The molecule has 0 amide bonds. The van der Waals surface area contributed by atoms with Crippen molar-refractivity contribution in [1.29, 1.82) is 0 Å². The summed E-state index contributed by atoms with van der Waals surface area (Å²) in [4.78, 5) is 19.5. The van der Waals surface area contributed by atoms with E-state index in [1.54, 1.807) is 0 Å². The molecule has 0 saturated carbocycles. The maximum absolute atomic E-state index is 11.5. The summed E-state index contributed by atoms with van der Waals surface area (Å²) in [6, 6.07) is 19.8. The van der Waals surface area contributed by atoms with Crippen LogP contribution in [0.15, 0.2) is 70.7 Å². The maximum atomic E-state index is 11.5. The Labute approximate surface area is 163 Å². The minimum atomic E-state index is -4.68. The molecule has 0 aromatic heterocycles. The Hall–Kier alpha value is -2.04. The van der Waals surface area contributed by atoms with Crippen LogP contribution in [0.5, 0.6) is 0 Å². The lowest BCUT2D eigenvalue weighted by Crippen LogP contribution is -1.92. The van der Waals surface area contributed by atoms with Gasteiger partial charge in [0.05, 0.1) is 0 Å². The summed E-state index contributed by atoms with van der Waals surface area (Å²) in [5, 5.41) is 2.38. The Kier molecular flexibility index (Phi) is 5.78. The number of phosphoric ester groups is 1. The highest BCUT2D eigenvalue weighted by Gasteiger charge is 2.21. The second-order valence-corrected chi connectivity index (χ2v) is 8.68. The first-order valence-electron chi connectivity index (χ1n) is 8.42. The summed E-state index contributed by atoms with van der Waals surface area (Å²) in [5.41, 5.74) is 3.83.